The van der Waals surface area contributed by atoms with E-state index < -0.39 is 0 Å². The number of hydrogen-bond acceptors (Lipinski definition) is 3. The Bertz CT molecular complexity index is 216. The number of ether oxygens (including phenoxy) is 1. The third-order valence-electron chi connectivity index (χ3n) is 4.32. The second-order valence-corrected chi connectivity index (χ2v) is 5.48. The summed E-state index contributed by atoms with van der Waals surface area (Å²) in [5.74, 6) is 0.542. The molecule has 0 amide bonds. The zero-order chi connectivity index (χ0) is 11.5. The molecule has 16 heavy (non-hydrogen) atoms. The summed E-state index contributed by atoms with van der Waals surface area (Å²) in [5, 5.41) is 10.2. The lowest BCUT2D eigenvalue weighted by atomic mass is 9.99. The van der Waals surface area contributed by atoms with E-state index in [9.17, 15) is 5.11 Å². The Kier molecular flexibility index (Phi) is 4.22. The second kappa shape index (κ2) is 5.48. The Labute approximate surface area is 98.8 Å². The fraction of sp³-hybridized carbons (Fsp3) is 1.00. The van der Waals surface area contributed by atoms with Crippen molar-refractivity contribution in [3.05, 3.63) is 0 Å². The van der Waals surface area contributed by atoms with Crippen LogP contribution in [-0.2, 0) is 4.74 Å². The smallest absolute Gasteiger partial charge is 0.0702 e. The van der Waals surface area contributed by atoms with Crippen molar-refractivity contribution in [2.24, 2.45) is 5.92 Å². The predicted octanol–water partition coefficient (Wildman–Crippen LogP) is 1.65. The van der Waals surface area contributed by atoms with Crippen molar-refractivity contribution >= 4 is 0 Å². The lowest BCUT2D eigenvalue weighted by Gasteiger charge is -2.30. The largest absolute Gasteiger partial charge is 0.392 e. The van der Waals surface area contributed by atoms with Gasteiger partial charge < -0.3 is 9.84 Å². The molecule has 94 valence electrons. The summed E-state index contributed by atoms with van der Waals surface area (Å²) < 4.78 is 5.57. The van der Waals surface area contributed by atoms with Crippen LogP contribution in [0.15, 0.2) is 0 Å². The molecule has 1 saturated heterocycles. The third kappa shape index (κ3) is 2.76. The van der Waals surface area contributed by atoms with Gasteiger partial charge in [-0.1, -0.05) is 12.8 Å². The molecule has 3 atom stereocenters. The minimum atomic E-state index is -0.139. The molecule has 1 saturated carbocycles. The summed E-state index contributed by atoms with van der Waals surface area (Å²) in [6, 6.07) is 0.496. The quantitative estimate of drug-likeness (QED) is 0.792. The zero-order valence-electron chi connectivity index (χ0n) is 10.6. The van der Waals surface area contributed by atoms with E-state index in [2.05, 4.69) is 18.9 Å². The highest BCUT2D eigenvalue weighted by Crippen LogP contribution is 2.28. The molecule has 0 radical (unpaired) electrons. The van der Waals surface area contributed by atoms with E-state index in [-0.39, 0.29) is 6.10 Å². The van der Waals surface area contributed by atoms with E-state index >= 15 is 0 Å². The minimum Gasteiger partial charge on any atom is -0.392 e. The average molecular weight is 227 g/mol. The first kappa shape index (κ1) is 12.3. The maximum Gasteiger partial charge on any atom is 0.0702 e. The van der Waals surface area contributed by atoms with Gasteiger partial charge in [0.25, 0.3) is 0 Å². The number of likely N-dealkylation sites (N-methyl/N-ethyl adjacent to an activating group) is 1. The lowest BCUT2D eigenvalue weighted by molar-refractivity contribution is 0.0369. The van der Waals surface area contributed by atoms with Gasteiger partial charge in [0, 0.05) is 19.2 Å². The van der Waals surface area contributed by atoms with E-state index in [4.69, 9.17) is 4.74 Å². The summed E-state index contributed by atoms with van der Waals surface area (Å²) in [4.78, 5) is 2.29. The monoisotopic (exact) mass is 227 g/mol. The molecular weight excluding hydrogens is 202 g/mol. The molecule has 3 heteroatoms. The molecule has 1 heterocycles. The van der Waals surface area contributed by atoms with Gasteiger partial charge in [-0.3, -0.25) is 4.90 Å². The number of hydrogen-bond donors (Lipinski definition) is 1. The topological polar surface area (TPSA) is 32.7 Å². The van der Waals surface area contributed by atoms with Gasteiger partial charge >= 0.3 is 0 Å². The average Bonchev–Trinajstić information content (AvgIpc) is 2.86. The molecule has 3 unspecified atom stereocenters. The third-order valence-corrected chi connectivity index (χ3v) is 4.32. The van der Waals surface area contributed by atoms with Crippen molar-refractivity contribution in [3.8, 4) is 0 Å². The van der Waals surface area contributed by atoms with Gasteiger partial charge in [-0.25, -0.2) is 0 Å². The molecule has 0 aromatic carbocycles. The van der Waals surface area contributed by atoms with Crippen LogP contribution in [0.3, 0.4) is 0 Å². The second-order valence-electron chi connectivity index (χ2n) is 5.48. The SMILES string of the molecule is CC1OCCC1N(C)CC(O)C1CCCC1. The van der Waals surface area contributed by atoms with Gasteiger partial charge in [0.2, 0.25) is 0 Å². The fourth-order valence-corrected chi connectivity index (χ4v) is 3.22. The van der Waals surface area contributed by atoms with E-state index in [0.29, 0.717) is 18.1 Å². The first-order valence-electron chi connectivity index (χ1n) is 6.68. The Morgan fingerprint density at radius 1 is 1.31 bits per heavy atom. The van der Waals surface area contributed by atoms with Gasteiger partial charge in [-0.2, -0.15) is 0 Å². The summed E-state index contributed by atoms with van der Waals surface area (Å²) >= 11 is 0. The highest BCUT2D eigenvalue weighted by Gasteiger charge is 2.31. The van der Waals surface area contributed by atoms with E-state index in [1.165, 1.54) is 25.7 Å². The molecule has 0 aromatic heterocycles. The standard InChI is InChI=1S/C13H25NO2/c1-10-12(7-8-16-10)14(2)9-13(15)11-5-3-4-6-11/h10-13,15H,3-9H2,1-2H3. The first-order chi connectivity index (χ1) is 7.68. The summed E-state index contributed by atoms with van der Waals surface area (Å²) in [6.07, 6.45) is 6.32. The van der Waals surface area contributed by atoms with Crippen LogP contribution in [-0.4, -0.2) is 48.5 Å². The van der Waals surface area contributed by atoms with Crippen LogP contribution in [0.25, 0.3) is 0 Å². The summed E-state index contributed by atoms with van der Waals surface area (Å²) in [7, 11) is 2.12. The van der Waals surface area contributed by atoms with Crippen LogP contribution in [0, 0.1) is 5.92 Å². The molecule has 1 N–H and O–H groups in total. The Balaban J connectivity index is 1.79. The van der Waals surface area contributed by atoms with Crippen LogP contribution in [0.1, 0.15) is 39.0 Å². The fourth-order valence-electron chi connectivity index (χ4n) is 3.22. The van der Waals surface area contributed by atoms with Gasteiger partial charge in [0.15, 0.2) is 0 Å². The Hall–Kier alpha value is -0.120. The maximum absolute atomic E-state index is 10.2. The van der Waals surface area contributed by atoms with Crippen molar-refractivity contribution < 1.29 is 9.84 Å². The summed E-state index contributed by atoms with van der Waals surface area (Å²) in [5.41, 5.74) is 0. The Morgan fingerprint density at radius 2 is 2.00 bits per heavy atom. The van der Waals surface area contributed by atoms with Crippen LogP contribution in [0.5, 0.6) is 0 Å². The minimum absolute atomic E-state index is 0.139. The van der Waals surface area contributed by atoms with Crippen LogP contribution >= 0.6 is 0 Å². The van der Waals surface area contributed by atoms with Gasteiger partial charge in [-0.05, 0) is 39.2 Å². The highest BCUT2D eigenvalue weighted by atomic mass is 16.5. The molecular formula is C13H25NO2. The van der Waals surface area contributed by atoms with Crippen LogP contribution in [0.2, 0.25) is 0 Å². The zero-order valence-corrected chi connectivity index (χ0v) is 10.6. The van der Waals surface area contributed by atoms with Crippen molar-refractivity contribution in [3.63, 3.8) is 0 Å². The van der Waals surface area contributed by atoms with Gasteiger partial charge in [0.1, 0.15) is 0 Å². The Morgan fingerprint density at radius 3 is 2.56 bits per heavy atom. The van der Waals surface area contributed by atoms with E-state index in [1.54, 1.807) is 0 Å². The molecule has 0 spiro atoms. The number of rotatable bonds is 4. The number of aliphatic hydroxyl groups excluding tert-OH is 1. The molecule has 2 aliphatic rings. The lowest BCUT2D eigenvalue weighted by Crippen LogP contribution is -2.42. The van der Waals surface area contributed by atoms with Crippen molar-refractivity contribution in [1.82, 2.24) is 4.90 Å². The van der Waals surface area contributed by atoms with E-state index in [0.717, 1.165) is 19.6 Å². The van der Waals surface area contributed by atoms with Crippen LogP contribution < -0.4 is 0 Å². The number of nitrogens with zero attached hydrogens (tertiary/aromatic N) is 1. The molecule has 0 bridgehead atoms. The molecule has 2 rings (SSSR count). The molecule has 2 fully saturated rings. The molecule has 0 aromatic rings. The van der Waals surface area contributed by atoms with E-state index in [1.807, 2.05) is 0 Å². The van der Waals surface area contributed by atoms with Crippen molar-refractivity contribution in [2.45, 2.75) is 57.3 Å². The van der Waals surface area contributed by atoms with Crippen molar-refractivity contribution in [1.29, 1.82) is 0 Å². The van der Waals surface area contributed by atoms with Gasteiger partial charge in [-0.15, -0.1) is 0 Å². The molecule has 3 nitrogen and oxygen atoms in total. The molecule has 1 aliphatic carbocycles. The summed E-state index contributed by atoms with van der Waals surface area (Å²) in [6.45, 7) is 3.81. The van der Waals surface area contributed by atoms with Gasteiger partial charge in [0.05, 0.1) is 12.2 Å². The maximum atomic E-state index is 10.2. The van der Waals surface area contributed by atoms with Crippen LogP contribution in [0.4, 0.5) is 0 Å². The number of aliphatic hydroxyl groups is 1. The predicted molar refractivity (Wildman–Crippen MR) is 64.4 cm³/mol. The van der Waals surface area contributed by atoms with Crippen molar-refractivity contribution in [2.75, 3.05) is 20.2 Å². The first-order valence-corrected chi connectivity index (χ1v) is 6.68. The highest BCUT2D eigenvalue weighted by molar-refractivity contribution is 4.84. The normalized spacial score (nSPS) is 33.8. The molecule has 1 aliphatic heterocycles.